The summed E-state index contributed by atoms with van der Waals surface area (Å²) in [4.78, 5) is 0. The predicted octanol–water partition coefficient (Wildman–Crippen LogP) is 3.50. The first-order valence-electron chi connectivity index (χ1n) is 6.36. The molecule has 0 spiro atoms. The Labute approximate surface area is 123 Å². The number of halogens is 2. The van der Waals surface area contributed by atoms with Gasteiger partial charge in [0.2, 0.25) is 0 Å². The van der Waals surface area contributed by atoms with Gasteiger partial charge < -0.3 is 10.6 Å². The predicted molar refractivity (Wildman–Crippen MR) is 84.4 cm³/mol. The van der Waals surface area contributed by atoms with Crippen molar-refractivity contribution in [1.29, 1.82) is 0 Å². The molecule has 0 bridgehead atoms. The molecule has 0 unspecified atom stereocenters. The Balaban J connectivity index is 0.00000144. The molecule has 104 valence electrons. The summed E-state index contributed by atoms with van der Waals surface area (Å²) in [5.74, 6) is 0.930. The minimum atomic E-state index is 0. The Kier molecular flexibility index (Phi) is 9.25. The van der Waals surface area contributed by atoms with E-state index in [0.717, 1.165) is 5.92 Å². The van der Waals surface area contributed by atoms with E-state index in [-0.39, 0.29) is 24.8 Å². The second-order valence-electron chi connectivity index (χ2n) is 4.68. The molecule has 0 aromatic heterocycles. The number of hydrogen-bond donors (Lipinski definition) is 2. The maximum atomic E-state index is 3.42. The highest BCUT2D eigenvalue weighted by Crippen LogP contribution is 2.19. The van der Waals surface area contributed by atoms with Crippen LogP contribution >= 0.6 is 24.8 Å². The molecule has 0 atom stereocenters. The lowest BCUT2D eigenvalue weighted by molar-refractivity contribution is 0.354. The molecule has 1 saturated heterocycles. The van der Waals surface area contributed by atoms with Crippen molar-refractivity contribution >= 4 is 30.5 Å². The quantitative estimate of drug-likeness (QED) is 0.887. The van der Waals surface area contributed by atoms with Crippen LogP contribution in [0.5, 0.6) is 0 Å². The van der Waals surface area contributed by atoms with Gasteiger partial charge in [-0.3, -0.25) is 0 Å². The van der Waals surface area contributed by atoms with Crippen LogP contribution in [0.15, 0.2) is 24.3 Å². The zero-order valence-corrected chi connectivity index (χ0v) is 12.6. The van der Waals surface area contributed by atoms with Crippen LogP contribution in [0.2, 0.25) is 0 Å². The van der Waals surface area contributed by atoms with E-state index in [9.17, 15) is 0 Å². The minimum Gasteiger partial charge on any atom is -0.388 e. The van der Waals surface area contributed by atoms with Gasteiger partial charge in [0.1, 0.15) is 0 Å². The van der Waals surface area contributed by atoms with E-state index < -0.39 is 0 Å². The fourth-order valence-corrected chi connectivity index (χ4v) is 2.42. The summed E-state index contributed by atoms with van der Waals surface area (Å²) in [5, 5.41) is 6.62. The molecule has 0 saturated carbocycles. The maximum Gasteiger partial charge on any atom is 0.0340 e. The zero-order valence-electron chi connectivity index (χ0n) is 10.9. The Hall–Kier alpha value is -0.440. The summed E-state index contributed by atoms with van der Waals surface area (Å²) >= 11 is 0. The van der Waals surface area contributed by atoms with Crippen molar-refractivity contribution in [3.05, 3.63) is 29.8 Å². The molecule has 1 aromatic rings. The van der Waals surface area contributed by atoms with E-state index in [1.165, 1.54) is 50.0 Å². The molecular weight excluding hydrogens is 267 g/mol. The van der Waals surface area contributed by atoms with Crippen LogP contribution in [0.25, 0.3) is 0 Å². The first-order chi connectivity index (χ1) is 7.88. The smallest absolute Gasteiger partial charge is 0.0340 e. The summed E-state index contributed by atoms with van der Waals surface area (Å²) in [7, 11) is 1.98. The summed E-state index contributed by atoms with van der Waals surface area (Å²) < 4.78 is 0. The molecule has 2 N–H and O–H groups in total. The first-order valence-corrected chi connectivity index (χ1v) is 6.36. The number of aryl methyl sites for hydroxylation is 1. The lowest BCUT2D eigenvalue weighted by Crippen LogP contribution is -2.27. The van der Waals surface area contributed by atoms with Crippen molar-refractivity contribution in [2.45, 2.75) is 25.7 Å². The monoisotopic (exact) mass is 290 g/mol. The van der Waals surface area contributed by atoms with E-state index in [1.807, 2.05) is 7.05 Å². The Bertz CT molecular complexity index is 325. The molecule has 18 heavy (non-hydrogen) atoms. The van der Waals surface area contributed by atoms with Crippen molar-refractivity contribution in [2.24, 2.45) is 5.92 Å². The van der Waals surface area contributed by atoms with Crippen LogP contribution in [0.3, 0.4) is 0 Å². The van der Waals surface area contributed by atoms with E-state index in [4.69, 9.17) is 0 Å². The lowest BCUT2D eigenvalue weighted by Gasteiger charge is -2.22. The molecule has 0 radical (unpaired) electrons. The Morgan fingerprint density at radius 1 is 1.22 bits per heavy atom. The summed E-state index contributed by atoms with van der Waals surface area (Å²) in [5.41, 5.74) is 2.69. The highest BCUT2D eigenvalue weighted by Gasteiger charge is 2.12. The van der Waals surface area contributed by atoms with Crippen LogP contribution in [0.4, 0.5) is 5.69 Å². The van der Waals surface area contributed by atoms with Crippen molar-refractivity contribution in [3.63, 3.8) is 0 Å². The van der Waals surface area contributed by atoms with Crippen LogP contribution < -0.4 is 10.6 Å². The van der Waals surface area contributed by atoms with Gasteiger partial charge in [0.25, 0.3) is 0 Å². The third-order valence-electron chi connectivity index (χ3n) is 3.52. The van der Waals surface area contributed by atoms with E-state index in [2.05, 4.69) is 34.9 Å². The topological polar surface area (TPSA) is 24.1 Å². The number of anilines is 1. The molecule has 1 aliphatic rings. The van der Waals surface area contributed by atoms with Gasteiger partial charge in [-0.1, -0.05) is 12.1 Å². The fraction of sp³-hybridized carbons (Fsp3) is 0.571. The number of piperidine rings is 1. The average Bonchev–Trinajstić information content (AvgIpc) is 2.38. The molecule has 2 nitrogen and oxygen atoms in total. The molecule has 0 aliphatic carbocycles. The third kappa shape index (κ3) is 5.47. The van der Waals surface area contributed by atoms with Crippen molar-refractivity contribution < 1.29 is 0 Å². The van der Waals surface area contributed by atoms with Crippen LogP contribution in [0.1, 0.15) is 24.8 Å². The van der Waals surface area contributed by atoms with Gasteiger partial charge in [-0.2, -0.15) is 0 Å². The normalized spacial score (nSPS) is 15.4. The number of hydrogen-bond acceptors (Lipinski definition) is 2. The van der Waals surface area contributed by atoms with Gasteiger partial charge in [0, 0.05) is 12.7 Å². The highest BCUT2D eigenvalue weighted by atomic mass is 35.5. The van der Waals surface area contributed by atoms with Crippen molar-refractivity contribution in [3.8, 4) is 0 Å². The Morgan fingerprint density at radius 3 is 2.61 bits per heavy atom. The summed E-state index contributed by atoms with van der Waals surface area (Å²) in [6, 6.07) is 8.76. The van der Waals surface area contributed by atoms with Gasteiger partial charge in [-0.05, 0) is 62.4 Å². The first kappa shape index (κ1) is 17.6. The molecule has 1 aromatic carbocycles. The van der Waals surface area contributed by atoms with Gasteiger partial charge in [-0.25, -0.2) is 0 Å². The molecule has 1 aliphatic heterocycles. The van der Waals surface area contributed by atoms with Crippen molar-refractivity contribution in [1.82, 2.24) is 5.32 Å². The zero-order chi connectivity index (χ0) is 11.2. The highest BCUT2D eigenvalue weighted by molar-refractivity contribution is 5.85. The second kappa shape index (κ2) is 9.48. The van der Waals surface area contributed by atoms with Gasteiger partial charge in [-0.15, -0.1) is 24.8 Å². The van der Waals surface area contributed by atoms with E-state index in [0.29, 0.717) is 0 Å². The number of nitrogens with one attached hydrogen (secondary N) is 2. The molecule has 1 fully saturated rings. The third-order valence-corrected chi connectivity index (χ3v) is 3.52. The SMILES string of the molecule is CNc1cccc(CCC2CCNCC2)c1.Cl.Cl. The van der Waals surface area contributed by atoms with Crippen molar-refractivity contribution in [2.75, 3.05) is 25.5 Å². The number of rotatable bonds is 4. The second-order valence-corrected chi connectivity index (χ2v) is 4.68. The fourth-order valence-electron chi connectivity index (χ4n) is 2.42. The number of benzene rings is 1. The van der Waals surface area contributed by atoms with Crippen LogP contribution in [-0.2, 0) is 6.42 Å². The summed E-state index contributed by atoms with van der Waals surface area (Å²) in [6.45, 7) is 2.42. The standard InChI is InChI=1S/C14H22N2.2ClH/c1-15-14-4-2-3-13(11-14)6-5-12-7-9-16-10-8-12;;/h2-4,11-12,15-16H,5-10H2,1H3;2*1H. The van der Waals surface area contributed by atoms with Gasteiger partial charge in [0.15, 0.2) is 0 Å². The average molecular weight is 291 g/mol. The van der Waals surface area contributed by atoms with E-state index >= 15 is 0 Å². The van der Waals surface area contributed by atoms with Gasteiger partial charge >= 0.3 is 0 Å². The van der Waals surface area contributed by atoms with Gasteiger partial charge in [0.05, 0.1) is 0 Å². The Morgan fingerprint density at radius 2 is 1.94 bits per heavy atom. The largest absolute Gasteiger partial charge is 0.388 e. The summed E-state index contributed by atoms with van der Waals surface area (Å²) in [6.07, 6.45) is 5.27. The maximum absolute atomic E-state index is 3.42. The van der Waals surface area contributed by atoms with Crippen LogP contribution in [0, 0.1) is 5.92 Å². The lowest BCUT2D eigenvalue weighted by atomic mass is 9.91. The molecule has 1 heterocycles. The molecule has 2 rings (SSSR count). The molecule has 0 amide bonds. The van der Waals surface area contributed by atoms with Crippen LogP contribution in [-0.4, -0.2) is 20.1 Å². The molecular formula is C14H24Cl2N2. The minimum absolute atomic E-state index is 0. The van der Waals surface area contributed by atoms with E-state index in [1.54, 1.807) is 0 Å². The molecule has 4 heteroatoms.